The van der Waals surface area contributed by atoms with Crippen molar-refractivity contribution in [2.45, 2.75) is 26.7 Å². The van der Waals surface area contributed by atoms with Crippen LogP contribution in [0.25, 0.3) is 10.1 Å². The van der Waals surface area contributed by atoms with Crippen molar-refractivity contribution >= 4 is 43.8 Å². The maximum Gasteiger partial charge on any atom is 0.267 e. The van der Waals surface area contributed by atoms with Gasteiger partial charge in [-0.05, 0) is 30.5 Å². The lowest BCUT2D eigenvalue weighted by molar-refractivity contribution is 0.103. The van der Waals surface area contributed by atoms with Crippen molar-refractivity contribution in [2.75, 3.05) is 5.32 Å². The van der Waals surface area contributed by atoms with Crippen LogP contribution in [0.1, 0.15) is 40.7 Å². The van der Waals surface area contributed by atoms with E-state index >= 15 is 0 Å². The highest BCUT2D eigenvalue weighted by atomic mass is 32.1. The third-order valence-electron chi connectivity index (χ3n) is 3.44. The maximum atomic E-state index is 13.9. The van der Waals surface area contributed by atoms with Gasteiger partial charge < -0.3 is 0 Å². The summed E-state index contributed by atoms with van der Waals surface area (Å²) in [5.41, 5.74) is 1.63. The monoisotopic (exact) mass is 334 g/mol. The van der Waals surface area contributed by atoms with Crippen molar-refractivity contribution in [2.24, 2.45) is 0 Å². The Morgan fingerprint density at radius 2 is 2.14 bits per heavy atom. The molecule has 2 heterocycles. The van der Waals surface area contributed by atoms with Crippen LogP contribution in [0.5, 0.6) is 0 Å². The molecule has 0 radical (unpaired) electrons. The summed E-state index contributed by atoms with van der Waals surface area (Å²) in [6.45, 7) is 5.89. The first-order valence-corrected chi connectivity index (χ1v) is 8.61. The summed E-state index contributed by atoms with van der Waals surface area (Å²) >= 11 is 2.71. The van der Waals surface area contributed by atoms with Gasteiger partial charge in [-0.15, -0.1) is 22.7 Å². The van der Waals surface area contributed by atoms with E-state index in [1.54, 1.807) is 13.0 Å². The van der Waals surface area contributed by atoms with Gasteiger partial charge in [0.25, 0.3) is 5.91 Å². The Kier molecular flexibility index (Phi) is 3.97. The molecule has 1 aromatic carbocycles. The predicted molar refractivity (Wildman–Crippen MR) is 90.7 cm³/mol. The molecule has 114 valence electrons. The van der Waals surface area contributed by atoms with Gasteiger partial charge in [-0.1, -0.05) is 19.9 Å². The summed E-state index contributed by atoms with van der Waals surface area (Å²) < 4.78 is 14.7. The zero-order chi connectivity index (χ0) is 15.9. The molecule has 2 aromatic heterocycles. The molecule has 0 aliphatic carbocycles. The fourth-order valence-corrected chi connectivity index (χ4v) is 4.22. The Morgan fingerprint density at radius 1 is 1.36 bits per heavy atom. The Hall–Kier alpha value is -1.79. The second-order valence-corrected chi connectivity index (χ2v) is 7.27. The standard InChI is InChI=1S/C16H15FN2OS2/c1-8(2)11-7-21-16(18-11)19-15(20)14-9(3)13-10(17)5-4-6-12(13)22-14/h4-8H,1-3H3,(H,18,19,20). The summed E-state index contributed by atoms with van der Waals surface area (Å²) in [6, 6.07) is 4.90. The molecule has 6 heteroatoms. The van der Waals surface area contributed by atoms with Crippen molar-refractivity contribution < 1.29 is 9.18 Å². The number of nitrogens with zero attached hydrogens (tertiary/aromatic N) is 1. The third kappa shape index (κ3) is 2.64. The molecule has 0 saturated heterocycles. The van der Waals surface area contributed by atoms with E-state index in [0.717, 1.165) is 10.4 Å². The number of rotatable bonds is 3. The first-order valence-electron chi connectivity index (χ1n) is 6.91. The molecule has 0 bridgehead atoms. The van der Waals surface area contributed by atoms with E-state index in [4.69, 9.17) is 0 Å². The van der Waals surface area contributed by atoms with Gasteiger partial charge in [0.05, 0.1) is 10.6 Å². The van der Waals surface area contributed by atoms with Gasteiger partial charge in [0.1, 0.15) is 5.82 Å². The number of hydrogen-bond acceptors (Lipinski definition) is 4. The molecular weight excluding hydrogens is 319 g/mol. The minimum atomic E-state index is -0.290. The predicted octanol–water partition coefficient (Wildman–Crippen LogP) is 5.18. The largest absolute Gasteiger partial charge is 0.297 e. The van der Waals surface area contributed by atoms with E-state index in [2.05, 4.69) is 24.1 Å². The van der Waals surface area contributed by atoms with Crippen molar-refractivity contribution in [1.29, 1.82) is 0 Å². The molecule has 0 spiro atoms. The second-order valence-electron chi connectivity index (χ2n) is 5.36. The number of aryl methyl sites for hydroxylation is 1. The number of halogens is 1. The van der Waals surface area contributed by atoms with E-state index in [1.807, 2.05) is 11.4 Å². The highest BCUT2D eigenvalue weighted by Crippen LogP contribution is 2.33. The zero-order valence-corrected chi connectivity index (χ0v) is 14.1. The molecule has 1 N–H and O–H groups in total. The summed E-state index contributed by atoms with van der Waals surface area (Å²) in [5.74, 6) is -0.202. The Morgan fingerprint density at radius 3 is 2.77 bits per heavy atom. The topological polar surface area (TPSA) is 42.0 Å². The zero-order valence-electron chi connectivity index (χ0n) is 12.4. The van der Waals surface area contributed by atoms with Gasteiger partial charge in [0.15, 0.2) is 5.13 Å². The Bertz CT molecular complexity index is 851. The molecular formula is C16H15FN2OS2. The number of thiophene rings is 1. The number of amides is 1. The number of hydrogen-bond donors (Lipinski definition) is 1. The highest BCUT2D eigenvalue weighted by molar-refractivity contribution is 7.21. The quantitative estimate of drug-likeness (QED) is 0.717. The number of benzene rings is 1. The second kappa shape index (κ2) is 5.78. The molecule has 1 amide bonds. The van der Waals surface area contributed by atoms with Crippen LogP contribution in [-0.4, -0.2) is 10.9 Å². The van der Waals surface area contributed by atoms with Gasteiger partial charge in [-0.2, -0.15) is 0 Å². The molecule has 3 aromatic rings. The van der Waals surface area contributed by atoms with Gasteiger partial charge in [0, 0.05) is 15.5 Å². The normalized spacial score (nSPS) is 11.3. The van der Waals surface area contributed by atoms with Crippen molar-refractivity contribution in [3.05, 3.63) is 45.5 Å². The van der Waals surface area contributed by atoms with E-state index < -0.39 is 0 Å². The number of carbonyl (C=O) groups is 1. The number of aromatic nitrogens is 1. The van der Waals surface area contributed by atoms with Crippen LogP contribution in [0.3, 0.4) is 0 Å². The van der Waals surface area contributed by atoms with Crippen LogP contribution in [0.4, 0.5) is 9.52 Å². The average Bonchev–Trinajstić information content (AvgIpc) is 3.05. The lowest BCUT2D eigenvalue weighted by Crippen LogP contribution is -2.11. The third-order valence-corrected chi connectivity index (χ3v) is 5.47. The minimum absolute atomic E-state index is 0.234. The van der Waals surface area contributed by atoms with Crippen LogP contribution in [0.15, 0.2) is 23.6 Å². The van der Waals surface area contributed by atoms with Crippen LogP contribution < -0.4 is 5.32 Å². The van der Waals surface area contributed by atoms with E-state index in [0.29, 0.717) is 26.9 Å². The number of anilines is 1. The Balaban J connectivity index is 1.92. The molecule has 3 nitrogen and oxygen atoms in total. The number of fused-ring (bicyclic) bond motifs is 1. The summed E-state index contributed by atoms with van der Waals surface area (Å²) in [4.78, 5) is 17.4. The molecule has 22 heavy (non-hydrogen) atoms. The molecule has 3 rings (SSSR count). The van der Waals surface area contributed by atoms with Gasteiger partial charge >= 0.3 is 0 Å². The molecule has 0 atom stereocenters. The first-order chi connectivity index (χ1) is 10.5. The van der Waals surface area contributed by atoms with E-state index in [9.17, 15) is 9.18 Å². The first kappa shape index (κ1) is 15.1. The molecule has 0 unspecified atom stereocenters. The van der Waals surface area contributed by atoms with Gasteiger partial charge in [0.2, 0.25) is 0 Å². The van der Waals surface area contributed by atoms with Crippen molar-refractivity contribution in [3.8, 4) is 0 Å². The lowest BCUT2D eigenvalue weighted by Gasteiger charge is -2.01. The maximum absolute atomic E-state index is 13.9. The molecule has 0 aliphatic rings. The lowest BCUT2D eigenvalue weighted by atomic mass is 10.1. The highest BCUT2D eigenvalue weighted by Gasteiger charge is 2.19. The van der Waals surface area contributed by atoms with Crippen molar-refractivity contribution in [1.82, 2.24) is 4.98 Å². The van der Waals surface area contributed by atoms with Crippen molar-refractivity contribution in [3.63, 3.8) is 0 Å². The number of nitrogens with one attached hydrogen (secondary N) is 1. The van der Waals surface area contributed by atoms with Crippen LogP contribution in [0, 0.1) is 12.7 Å². The Labute approximate surface area is 135 Å². The fourth-order valence-electron chi connectivity index (χ4n) is 2.23. The summed E-state index contributed by atoms with van der Waals surface area (Å²) in [6.07, 6.45) is 0. The molecule has 0 fully saturated rings. The molecule has 0 saturated carbocycles. The van der Waals surface area contributed by atoms with Crippen LogP contribution in [0.2, 0.25) is 0 Å². The number of thiazole rings is 1. The average molecular weight is 334 g/mol. The van der Waals surface area contributed by atoms with E-state index in [-0.39, 0.29) is 11.7 Å². The summed E-state index contributed by atoms with van der Waals surface area (Å²) in [5, 5.41) is 5.86. The minimum Gasteiger partial charge on any atom is -0.297 e. The van der Waals surface area contributed by atoms with Gasteiger partial charge in [-0.25, -0.2) is 9.37 Å². The SMILES string of the molecule is Cc1c(C(=O)Nc2nc(C(C)C)cs2)sc2cccc(F)c12. The summed E-state index contributed by atoms with van der Waals surface area (Å²) in [7, 11) is 0. The fraction of sp³-hybridized carbons (Fsp3) is 0.250. The molecule has 0 aliphatic heterocycles. The number of carbonyl (C=O) groups excluding carboxylic acids is 1. The van der Waals surface area contributed by atoms with Gasteiger partial charge in [-0.3, -0.25) is 10.1 Å². The van der Waals surface area contributed by atoms with Crippen LogP contribution in [-0.2, 0) is 0 Å². The van der Waals surface area contributed by atoms with E-state index in [1.165, 1.54) is 28.7 Å². The van der Waals surface area contributed by atoms with Crippen LogP contribution >= 0.6 is 22.7 Å². The smallest absolute Gasteiger partial charge is 0.267 e.